The van der Waals surface area contributed by atoms with Gasteiger partial charge in [-0.2, -0.15) is 0 Å². The molecule has 4 nitrogen and oxygen atoms in total. The SMILES string of the molecule is CC#CCNP(=O)(O)O. The van der Waals surface area contributed by atoms with Gasteiger partial charge in [0.15, 0.2) is 0 Å². The van der Waals surface area contributed by atoms with E-state index in [1.165, 1.54) is 0 Å². The summed E-state index contributed by atoms with van der Waals surface area (Å²) in [5.74, 6) is 4.94. The van der Waals surface area contributed by atoms with Gasteiger partial charge in [-0.15, -0.1) is 5.92 Å². The van der Waals surface area contributed by atoms with Crippen molar-refractivity contribution in [3.05, 3.63) is 0 Å². The van der Waals surface area contributed by atoms with Crippen LogP contribution in [-0.4, -0.2) is 16.3 Å². The van der Waals surface area contributed by atoms with Gasteiger partial charge in [0.05, 0.1) is 6.54 Å². The van der Waals surface area contributed by atoms with E-state index in [1.54, 1.807) is 6.92 Å². The normalized spacial score (nSPS) is 10.1. The summed E-state index contributed by atoms with van der Waals surface area (Å²) in [4.78, 5) is 16.4. The van der Waals surface area contributed by atoms with Gasteiger partial charge in [0.1, 0.15) is 0 Å². The zero-order chi connectivity index (χ0) is 7.33. The molecule has 52 valence electrons. The summed E-state index contributed by atoms with van der Waals surface area (Å²) in [6.45, 7) is 1.63. The second-order valence-corrected chi connectivity index (χ2v) is 2.71. The van der Waals surface area contributed by atoms with E-state index in [4.69, 9.17) is 9.79 Å². The molecule has 0 bridgehead atoms. The van der Waals surface area contributed by atoms with Crippen molar-refractivity contribution in [3.8, 4) is 11.8 Å². The highest BCUT2D eigenvalue weighted by Gasteiger charge is 2.08. The molecule has 0 unspecified atom stereocenters. The van der Waals surface area contributed by atoms with E-state index >= 15 is 0 Å². The van der Waals surface area contributed by atoms with E-state index in [2.05, 4.69) is 11.8 Å². The maximum absolute atomic E-state index is 10.0. The Labute approximate surface area is 53.5 Å². The third kappa shape index (κ3) is 7.67. The van der Waals surface area contributed by atoms with Crippen molar-refractivity contribution < 1.29 is 14.4 Å². The smallest absolute Gasteiger partial charge is 0.313 e. The second kappa shape index (κ2) is 3.65. The van der Waals surface area contributed by atoms with Gasteiger partial charge in [0.25, 0.3) is 0 Å². The van der Waals surface area contributed by atoms with Crippen molar-refractivity contribution in [3.63, 3.8) is 0 Å². The Hall–Kier alpha value is -0.330. The Morgan fingerprint density at radius 2 is 2.22 bits per heavy atom. The van der Waals surface area contributed by atoms with Crippen LogP contribution in [0.15, 0.2) is 0 Å². The molecule has 0 aliphatic carbocycles. The summed E-state index contributed by atoms with van der Waals surface area (Å²) in [7, 11) is -4.05. The zero-order valence-electron chi connectivity index (χ0n) is 4.96. The highest BCUT2D eigenvalue weighted by Crippen LogP contribution is 2.26. The molecule has 0 amide bonds. The Bertz CT molecular complexity index is 174. The minimum atomic E-state index is -4.05. The molecule has 9 heavy (non-hydrogen) atoms. The minimum absolute atomic E-state index is 0.0285. The first-order valence-electron chi connectivity index (χ1n) is 2.26. The summed E-state index contributed by atoms with van der Waals surface area (Å²) in [5, 5.41) is 1.92. The molecule has 0 aliphatic rings. The van der Waals surface area contributed by atoms with Crippen LogP contribution < -0.4 is 5.09 Å². The Balaban J connectivity index is 3.48. The van der Waals surface area contributed by atoms with Gasteiger partial charge < -0.3 is 9.79 Å². The highest BCUT2D eigenvalue weighted by atomic mass is 31.2. The molecule has 0 aromatic heterocycles. The number of hydrogen-bond acceptors (Lipinski definition) is 1. The van der Waals surface area contributed by atoms with Crippen LogP contribution in [0.1, 0.15) is 6.92 Å². The van der Waals surface area contributed by atoms with Crippen LogP contribution in [0.2, 0.25) is 0 Å². The lowest BCUT2D eigenvalue weighted by Crippen LogP contribution is -2.08. The summed E-state index contributed by atoms with van der Waals surface area (Å²) < 4.78 is 10.0. The third-order valence-corrected chi connectivity index (χ3v) is 1.12. The van der Waals surface area contributed by atoms with Crippen LogP contribution >= 0.6 is 7.75 Å². The molecule has 5 heteroatoms. The van der Waals surface area contributed by atoms with Crippen molar-refractivity contribution in [2.24, 2.45) is 0 Å². The Kier molecular flexibility index (Phi) is 3.52. The van der Waals surface area contributed by atoms with Gasteiger partial charge in [-0.25, -0.2) is 9.65 Å². The van der Waals surface area contributed by atoms with E-state index in [0.717, 1.165) is 0 Å². The molecule has 0 aromatic rings. The molecular weight excluding hydrogens is 141 g/mol. The molecule has 0 radical (unpaired) electrons. The molecule has 0 saturated heterocycles. The largest absolute Gasteiger partial charge is 0.401 e. The highest BCUT2D eigenvalue weighted by molar-refractivity contribution is 7.49. The first-order chi connectivity index (χ1) is 4.06. The van der Waals surface area contributed by atoms with E-state index in [1.807, 2.05) is 5.09 Å². The summed E-state index contributed by atoms with van der Waals surface area (Å²) in [6, 6.07) is 0. The van der Waals surface area contributed by atoms with E-state index in [0.29, 0.717) is 0 Å². The van der Waals surface area contributed by atoms with Crippen molar-refractivity contribution in [1.82, 2.24) is 5.09 Å². The Morgan fingerprint density at radius 1 is 1.67 bits per heavy atom. The molecule has 0 fully saturated rings. The first kappa shape index (κ1) is 8.67. The van der Waals surface area contributed by atoms with Gasteiger partial charge in [0, 0.05) is 0 Å². The van der Waals surface area contributed by atoms with Crippen LogP contribution in [0.25, 0.3) is 0 Å². The van der Waals surface area contributed by atoms with Crippen LogP contribution in [0.5, 0.6) is 0 Å². The average molecular weight is 149 g/mol. The van der Waals surface area contributed by atoms with Crippen molar-refractivity contribution in [1.29, 1.82) is 0 Å². The van der Waals surface area contributed by atoms with Crippen molar-refractivity contribution in [2.45, 2.75) is 6.92 Å². The predicted octanol–water partition coefficient (Wildman–Crippen LogP) is -0.308. The molecule has 0 saturated carbocycles. The second-order valence-electron chi connectivity index (χ2n) is 1.31. The maximum Gasteiger partial charge on any atom is 0.401 e. The molecule has 0 heterocycles. The molecule has 0 spiro atoms. The number of hydrogen-bond donors (Lipinski definition) is 3. The Morgan fingerprint density at radius 3 is 2.56 bits per heavy atom. The van der Waals surface area contributed by atoms with Crippen molar-refractivity contribution in [2.75, 3.05) is 6.54 Å². The van der Waals surface area contributed by atoms with Gasteiger partial charge in [-0.1, -0.05) is 5.92 Å². The number of nitrogens with one attached hydrogen (secondary N) is 1. The zero-order valence-corrected chi connectivity index (χ0v) is 5.85. The average Bonchev–Trinajstić information content (AvgIpc) is 1.63. The summed E-state index contributed by atoms with van der Waals surface area (Å²) in [6.07, 6.45) is 0. The van der Waals surface area contributed by atoms with Gasteiger partial charge in [0.2, 0.25) is 0 Å². The molecule has 3 N–H and O–H groups in total. The van der Waals surface area contributed by atoms with Crippen molar-refractivity contribution >= 4 is 7.75 Å². The molecule has 0 rings (SSSR count). The third-order valence-electron chi connectivity index (χ3n) is 0.550. The van der Waals surface area contributed by atoms with Crippen LogP contribution in [-0.2, 0) is 4.57 Å². The van der Waals surface area contributed by atoms with Crippen LogP contribution in [0.3, 0.4) is 0 Å². The van der Waals surface area contributed by atoms with Gasteiger partial charge in [-0.3, -0.25) is 0 Å². The number of rotatable bonds is 2. The molecule has 0 aliphatic heterocycles. The summed E-state index contributed by atoms with van der Waals surface area (Å²) >= 11 is 0. The minimum Gasteiger partial charge on any atom is -0.313 e. The van der Waals surface area contributed by atoms with E-state index < -0.39 is 7.75 Å². The summed E-state index contributed by atoms with van der Waals surface area (Å²) in [5.41, 5.74) is 0. The monoisotopic (exact) mass is 149 g/mol. The van der Waals surface area contributed by atoms with Gasteiger partial charge in [-0.05, 0) is 6.92 Å². The van der Waals surface area contributed by atoms with E-state index in [-0.39, 0.29) is 6.54 Å². The fourth-order valence-electron chi connectivity index (χ4n) is 0.231. The maximum atomic E-state index is 10.0. The fraction of sp³-hybridized carbons (Fsp3) is 0.500. The van der Waals surface area contributed by atoms with Crippen LogP contribution in [0, 0.1) is 11.8 Å². The topological polar surface area (TPSA) is 69.6 Å². The molecular formula is C4H8NO3P. The standard InChI is InChI=1S/C4H8NO3P/c1-2-3-4-5-9(6,7)8/h4H2,1H3,(H3,5,6,7,8). The van der Waals surface area contributed by atoms with E-state index in [9.17, 15) is 4.57 Å². The first-order valence-corrected chi connectivity index (χ1v) is 3.88. The molecule has 0 aromatic carbocycles. The lowest BCUT2D eigenvalue weighted by Gasteiger charge is -1.99. The predicted molar refractivity (Wildman–Crippen MR) is 33.5 cm³/mol. The lowest BCUT2D eigenvalue weighted by atomic mass is 10.6. The lowest BCUT2D eigenvalue weighted by molar-refractivity contribution is 0.360. The van der Waals surface area contributed by atoms with Gasteiger partial charge >= 0.3 is 7.75 Å². The fourth-order valence-corrected chi connectivity index (χ4v) is 0.516. The molecule has 0 atom stereocenters. The van der Waals surface area contributed by atoms with Crippen LogP contribution in [0.4, 0.5) is 0 Å². The quantitative estimate of drug-likeness (QED) is 0.372.